The molecule has 2 N–H and O–H groups in total. The molecule has 1 fully saturated rings. The maximum absolute atomic E-state index is 13.5. The average molecular weight is 433 g/mol. The van der Waals surface area contributed by atoms with Crippen molar-refractivity contribution < 1.29 is 4.79 Å². The van der Waals surface area contributed by atoms with Crippen LogP contribution in [0.25, 0.3) is 11.5 Å². The zero-order valence-electron chi connectivity index (χ0n) is 18.7. The fourth-order valence-electron chi connectivity index (χ4n) is 4.87. The first-order chi connectivity index (χ1) is 15.5. The van der Waals surface area contributed by atoms with Crippen molar-refractivity contribution in [1.29, 1.82) is 0 Å². The number of hydrogen-bond acceptors (Lipinski definition) is 7. The number of nitrogens with zero attached hydrogens (tertiary/aromatic N) is 7. The Labute approximate surface area is 187 Å². The average Bonchev–Trinajstić information content (AvgIpc) is 3.51. The van der Waals surface area contributed by atoms with Crippen molar-refractivity contribution in [3.05, 3.63) is 47.4 Å². The van der Waals surface area contributed by atoms with Gasteiger partial charge in [-0.2, -0.15) is 0 Å². The van der Waals surface area contributed by atoms with Gasteiger partial charge >= 0.3 is 0 Å². The predicted octanol–water partition coefficient (Wildman–Crippen LogP) is 2.75. The maximum Gasteiger partial charge on any atom is 0.260 e. The van der Waals surface area contributed by atoms with E-state index in [4.69, 9.17) is 15.7 Å². The van der Waals surface area contributed by atoms with Crippen LogP contribution in [0.15, 0.2) is 30.6 Å². The van der Waals surface area contributed by atoms with Crippen LogP contribution in [0.2, 0.25) is 0 Å². The Hall–Kier alpha value is -3.33. The summed E-state index contributed by atoms with van der Waals surface area (Å²) in [5.74, 6) is 2.04. The zero-order chi connectivity index (χ0) is 22.4. The summed E-state index contributed by atoms with van der Waals surface area (Å²) in [7, 11) is 0. The smallest absolute Gasteiger partial charge is 0.260 e. The number of amides is 1. The lowest BCUT2D eigenvalue weighted by Gasteiger charge is -2.28. The molecule has 1 unspecified atom stereocenters. The van der Waals surface area contributed by atoms with E-state index in [0.29, 0.717) is 48.1 Å². The van der Waals surface area contributed by atoms with Crippen molar-refractivity contribution in [2.24, 2.45) is 5.73 Å². The molecule has 0 bridgehead atoms. The van der Waals surface area contributed by atoms with Crippen LogP contribution < -0.4 is 15.5 Å². The van der Waals surface area contributed by atoms with Crippen LogP contribution in [0.5, 0.6) is 0 Å². The van der Waals surface area contributed by atoms with Crippen molar-refractivity contribution in [3.8, 4) is 11.5 Å². The first kappa shape index (κ1) is 20.6. The van der Waals surface area contributed by atoms with Gasteiger partial charge in [0.2, 0.25) is 0 Å². The van der Waals surface area contributed by atoms with E-state index in [1.807, 2.05) is 35.8 Å². The molecule has 32 heavy (non-hydrogen) atoms. The monoisotopic (exact) mass is 432 g/mol. The molecule has 0 spiro atoms. The third kappa shape index (κ3) is 3.24. The lowest BCUT2D eigenvalue weighted by atomic mass is 10.1. The SMILES string of the molecule is CCn1cnnc1-c1cccc(N2Cc3c(cc(N4C(C)CC[C@H]4C)nc3CN)C2=O)n1. The highest BCUT2D eigenvalue weighted by atomic mass is 16.2. The summed E-state index contributed by atoms with van der Waals surface area (Å²) in [6.07, 6.45) is 3.93. The molecule has 0 radical (unpaired) electrons. The molecule has 2 aliphatic rings. The third-order valence-corrected chi connectivity index (χ3v) is 6.59. The number of carbonyl (C=O) groups excluding carboxylic acids is 1. The van der Waals surface area contributed by atoms with Crippen LogP contribution in [-0.4, -0.2) is 42.7 Å². The largest absolute Gasteiger partial charge is 0.351 e. The Bertz CT molecular complexity index is 1160. The number of hydrogen-bond donors (Lipinski definition) is 1. The van der Waals surface area contributed by atoms with Gasteiger partial charge in [-0.15, -0.1) is 10.2 Å². The number of anilines is 2. The summed E-state index contributed by atoms with van der Waals surface area (Å²) in [5, 5.41) is 8.19. The van der Waals surface area contributed by atoms with Crippen LogP contribution in [0.1, 0.15) is 55.2 Å². The molecule has 2 atom stereocenters. The highest BCUT2D eigenvalue weighted by Crippen LogP contribution is 2.35. The van der Waals surface area contributed by atoms with Gasteiger partial charge in [-0.05, 0) is 51.8 Å². The summed E-state index contributed by atoms with van der Waals surface area (Å²) in [5.41, 5.74) is 9.09. The van der Waals surface area contributed by atoms with Crippen molar-refractivity contribution in [2.45, 2.75) is 65.3 Å². The van der Waals surface area contributed by atoms with Crippen molar-refractivity contribution in [1.82, 2.24) is 24.7 Å². The van der Waals surface area contributed by atoms with Gasteiger partial charge < -0.3 is 15.2 Å². The van der Waals surface area contributed by atoms with E-state index < -0.39 is 0 Å². The Morgan fingerprint density at radius 1 is 1.12 bits per heavy atom. The van der Waals surface area contributed by atoms with E-state index in [-0.39, 0.29) is 5.91 Å². The van der Waals surface area contributed by atoms with Gasteiger partial charge in [-0.3, -0.25) is 9.69 Å². The number of pyridine rings is 2. The quantitative estimate of drug-likeness (QED) is 0.661. The summed E-state index contributed by atoms with van der Waals surface area (Å²) in [6.45, 7) is 7.89. The summed E-state index contributed by atoms with van der Waals surface area (Å²) in [6, 6.07) is 8.34. The molecule has 9 nitrogen and oxygen atoms in total. The number of aryl methyl sites for hydroxylation is 1. The van der Waals surface area contributed by atoms with Crippen LogP contribution in [-0.2, 0) is 19.6 Å². The molecule has 0 saturated carbocycles. The fraction of sp³-hybridized carbons (Fsp3) is 0.435. The zero-order valence-corrected chi connectivity index (χ0v) is 18.7. The van der Waals surface area contributed by atoms with E-state index in [2.05, 4.69) is 28.9 Å². The number of carbonyl (C=O) groups is 1. The number of aromatic nitrogens is 5. The number of rotatable bonds is 5. The van der Waals surface area contributed by atoms with Crippen molar-refractivity contribution >= 4 is 17.5 Å². The summed E-state index contributed by atoms with van der Waals surface area (Å²) in [4.78, 5) is 27.1. The van der Waals surface area contributed by atoms with Gasteiger partial charge in [-0.1, -0.05) is 6.07 Å². The van der Waals surface area contributed by atoms with Crippen molar-refractivity contribution in [3.63, 3.8) is 0 Å². The Balaban J connectivity index is 1.52. The third-order valence-electron chi connectivity index (χ3n) is 6.59. The molecule has 3 aromatic rings. The summed E-state index contributed by atoms with van der Waals surface area (Å²) < 4.78 is 1.92. The Morgan fingerprint density at radius 3 is 2.62 bits per heavy atom. The second-order valence-corrected chi connectivity index (χ2v) is 8.55. The molecular formula is C23H28N8O. The van der Waals surface area contributed by atoms with Crippen LogP contribution >= 0.6 is 0 Å². The standard InChI is InChI=1S/C23H28N8O/c1-4-29-13-25-28-22(29)18-6-5-7-20(26-18)30-12-17-16(23(30)32)10-21(27-19(17)11-24)31-14(2)8-9-15(31)3/h5-7,10,13-15H,4,8-9,11-12,24H2,1-3H3/t14-,15?/m1/s1. The van der Waals surface area contributed by atoms with Gasteiger partial charge in [0.1, 0.15) is 23.7 Å². The molecule has 5 heterocycles. The van der Waals surface area contributed by atoms with Gasteiger partial charge in [0.15, 0.2) is 5.82 Å². The minimum Gasteiger partial charge on any atom is -0.351 e. The highest BCUT2D eigenvalue weighted by Gasteiger charge is 2.35. The van der Waals surface area contributed by atoms with E-state index >= 15 is 0 Å². The molecule has 3 aromatic heterocycles. The Morgan fingerprint density at radius 2 is 1.91 bits per heavy atom. The van der Waals surface area contributed by atoms with Crippen LogP contribution in [0.4, 0.5) is 11.6 Å². The number of nitrogens with two attached hydrogens (primary N) is 1. The minimum atomic E-state index is -0.0699. The highest BCUT2D eigenvalue weighted by molar-refractivity contribution is 6.10. The minimum absolute atomic E-state index is 0.0699. The molecule has 2 aliphatic heterocycles. The van der Waals surface area contributed by atoms with Crippen LogP contribution in [0, 0.1) is 0 Å². The first-order valence-electron chi connectivity index (χ1n) is 11.2. The molecular weight excluding hydrogens is 404 g/mol. The van der Waals surface area contributed by atoms with E-state index in [9.17, 15) is 4.79 Å². The van der Waals surface area contributed by atoms with E-state index in [0.717, 1.165) is 36.5 Å². The topological polar surface area (TPSA) is 106 Å². The Kier molecular flexibility index (Phi) is 5.13. The molecule has 1 amide bonds. The summed E-state index contributed by atoms with van der Waals surface area (Å²) >= 11 is 0. The fourth-order valence-corrected chi connectivity index (χ4v) is 4.87. The van der Waals surface area contributed by atoms with Gasteiger partial charge in [0.05, 0.1) is 17.8 Å². The van der Waals surface area contributed by atoms with Crippen molar-refractivity contribution in [2.75, 3.05) is 9.80 Å². The predicted molar refractivity (Wildman–Crippen MR) is 122 cm³/mol. The number of fused-ring (bicyclic) bond motifs is 1. The first-order valence-corrected chi connectivity index (χ1v) is 11.2. The van der Waals surface area contributed by atoms with E-state index in [1.54, 1.807) is 11.2 Å². The maximum atomic E-state index is 13.5. The molecule has 5 rings (SSSR count). The normalized spacial score (nSPS) is 20.3. The molecule has 0 aromatic carbocycles. The van der Waals surface area contributed by atoms with E-state index in [1.165, 1.54) is 0 Å². The molecule has 9 heteroatoms. The second kappa shape index (κ2) is 7.98. The molecule has 166 valence electrons. The molecule has 0 aliphatic carbocycles. The van der Waals surface area contributed by atoms with Gasteiger partial charge in [-0.25, -0.2) is 9.97 Å². The lowest BCUT2D eigenvalue weighted by molar-refractivity contribution is 0.0996. The second-order valence-electron chi connectivity index (χ2n) is 8.55. The van der Waals surface area contributed by atoms with Crippen LogP contribution in [0.3, 0.4) is 0 Å². The van der Waals surface area contributed by atoms with Gasteiger partial charge in [0, 0.05) is 30.7 Å². The lowest BCUT2D eigenvalue weighted by Crippen LogP contribution is -2.33. The van der Waals surface area contributed by atoms with Gasteiger partial charge in [0.25, 0.3) is 5.91 Å². The molecule has 1 saturated heterocycles.